The molecule has 8 heteroatoms. The van der Waals surface area contributed by atoms with Crippen LogP contribution < -0.4 is 9.47 Å². The molecule has 1 unspecified atom stereocenters. The van der Waals surface area contributed by atoms with Gasteiger partial charge in [-0.3, -0.25) is 9.59 Å². The van der Waals surface area contributed by atoms with Gasteiger partial charge in [0.1, 0.15) is 24.7 Å². The summed E-state index contributed by atoms with van der Waals surface area (Å²) in [5.41, 5.74) is 0.824. The number of Topliss-reactive ketones (excluding diaryl/α,β-unsaturated/α-hetero) is 1. The number of carbonyl (C=O) groups excluding carboxylic acids is 2. The van der Waals surface area contributed by atoms with Crippen molar-refractivity contribution >= 4 is 17.4 Å². The van der Waals surface area contributed by atoms with Crippen molar-refractivity contribution in [2.45, 2.75) is 12.5 Å². The lowest BCUT2D eigenvalue weighted by Crippen LogP contribution is -2.31. The molecule has 2 heterocycles. The molecular formula is C23H23NO7. The maximum atomic E-state index is 13.0. The Kier molecular flexibility index (Phi) is 5.81. The first-order valence-electron chi connectivity index (χ1n) is 9.97. The minimum absolute atomic E-state index is 0.000640. The molecule has 162 valence electrons. The van der Waals surface area contributed by atoms with Gasteiger partial charge in [-0.25, -0.2) is 0 Å². The van der Waals surface area contributed by atoms with Gasteiger partial charge in [0.2, 0.25) is 0 Å². The van der Waals surface area contributed by atoms with Crippen LogP contribution >= 0.6 is 0 Å². The van der Waals surface area contributed by atoms with E-state index in [9.17, 15) is 19.8 Å². The predicted molar refractivity (Wildman–Crippen MR) is 111 cm³/mol. The van der Waals surface area contributed by atoms with E-state index in [1.807, 2.05) is 0 Å². The number of benzene rings is 2. The Morgan fingerprint density at radius 3 is 2.65 bits per heavy atom. The number of nitrogens with zero attached hydrogens (tertiary/aromatic N) is 1. The number of phenols is 1. The van der Waals surface area contributed by atoms with Crippen LogP contribution in [0.5, 0.6) is 17.2 Å². The highest BCUT2D eigenvalue weighted by Crippen LogP contribution is 2.41. The number of aromatic hydroxyl groups is 1. The largest absolute Gasteiger partial charge is 0.508 e. The fourth-order valence-electron chi connectivity index (χ4n) is 3.88. The lowest BCUT2D eigenvalue weighted by molar-refractivity contribution is -0.140. The molecule has 0 aromatic heterocycles. The number of amides is 1. The van der Waals surface area contributed by atoms with Crippen molar-refractivity contribution in [1.29, 1.82) is 0 Å². The second-order valence-electron chi connectivity index (χ2n) is 7.29. The van der Waals surface area contributed by atoms with Crippen molar-refractivity contribution in [2.24, 2.45) is 0 Å². The number of aliphatic hydroxyl groups is 1. The third kappa shape index (κ3) is 3.94. The van der Waals surface area contributed by atoms with Gasteiger partial charge in [-0.15, -0.1) is 0 Å². The quantitative estimate of drug-likeness (QED) is 0.317. The molecule has 2 aliphatic rings. The first-order chi connectivity index (χ1) is 15.0. The van der Waals surface area contributed by atoms with E-state index < -0.39 is 17.7 Å². The van der Waals surface area contributed by atoms with Crippen LogP contribution in [0.3, 0.4) is 0 Å². The summed E-state index contributed by atoms with van der Waals surface area (Å²) in [6.07, 6.45) is 0.517. The average Bonchev–Trinajstić information content (AvgIpc) is 3.03. The van der Waals surface area contributed by atoms with Crippen LogP contribution in [0.2, 0.25) is 0 Å². The minimum Gasteiger partial charge on any atom is -0.508 e. The Hall–Kier alpha value is -3.52. The molecule has 31 heavy (non-hydrogen) atoms. The lowest BCUT2D eigenvalue weighted by atomic mass is 9.95. The number of aliphatic hydroxyl groups excluding tert-OH is 1. The summed E-state index contributed by atoms with van der Waals surface area (Å²) < 4.78 is 16.1. The number of phenolic OH excluding ortho intramolecular Hbond substituents is 1. The van der Waals surface area contributed by atoms with Crippen LogP contribution in [0, 0.1) is 0 Å². The summed E-state index contributed by atoms with van der Waals surface area (Å²) in [6, 6.07) is 10.3. The molecular weight excluding hydrogens is 402 g/mol. The van der Waals surface area contributed by atoms with Gasteiger partial charge in [-0.2, -0.15) is 0 Å². The second-order valence-corrected chi connectivity index (χ2v) is 7.29. The Morgan fingerprint density at radius 2 is 1.90 bits per heavy atom. The van der Waals surface area contributed by atoms with Gasteiger partial charge in [-0.1, -0.05) is 12.1 Å². The van der Waals surface area contributed by atoms with Crippen molar-refractivity contribution in [3.63, 3.8) is 0 Å². The van der Waals surface area contributed by atoms with Gasteiger partial charge in [0, 0.05) is 25.8 Å². The molecule has 2 N–H and O–H groups in total. The van der Waals surface area contributed by atoms with E-state index >= 15 is 0 Å². The third-order valence-electron chi connectivity index (χ3n) is 5.29. The molecule has 1 saturated heterocycles. The summed E-state index contributed by atoms with van der Waals surface area (Å²) >= 11 is 0. The Morgan fingerprint density at radius 1 is 1.13 bits per heavy atom. The Balaban J connectivity index is 1.81. The number of hydrogen-bond acceptors (Lipinski definition) is 7. The number of rotatable bonds is 6. The van der Waals surface area contributed by atoms with Gasteiger partial charge < -0.3 is 29.3 Å². The summed E-state index contributed by atoms with van der Waals surface area (Å²) in [7, 11) is 1.56. The summed E-state index contributed by atoms with van der Waals surface area (Å²) in [5, 5.41) is 21.1. The Bertz CT molecular complexity index is 1050. The fourth-order valence-corrected chi connectivity index (χ4v) is 3.88. The first kappa shape index (κ1) is 20.7. The highest BCUT2D eigenvalue weighted by molar-refractivity contribution is 6.46. The van der Waals surface area contributed by atoms with Crippen molar-refractivity contribution in [1.82, 2.24) is 4.90 Å². The van der Waals surface area contributed by atoms with Gasteiger partial charge in [0.05, 0.1) is 11.6 Å². The van der Waals surface area contributed by atoms with Gasteiger partial charge in [0.15, 0.2) is 11.5 Å². The smallest absolute Gasteiger partial charge is 0.295 e. The van der Waals surface area contributed by atoms with E-state index in [-0.39, 0.29) is 23.6 Å². The summed E-state index contributed by atoms with van der Waals surface area (Å²) in [5.74, 6) is -0.787. The molecule has 2 aromatic rings. The predicted octanol–water partition coefficient (Wildman–Crippen LogP) is 2.62. The maximum absolute atomic E-state index is 13.0. The lowest BCUT2D eigenvalue weighted by Gasteiger charge is -2.25. The SMILES string of the molecule is COCCCN1C(=O)C(=O)/C(=C(/O)c2ccc3c(c2)OCCO3)C1c1cccc(O)c1. The number of carbonyl (C=O) groups is 2. The van der Waals surface area contributed by atoms with Crippen molar-refractivity contribution < 1.29 is 34.0 Å². The minimum atomic E-state index is -0.836. The monoisotopic (exact) mass is 425 g/mol. The van der Waals surface area contributed by atoms with Crippen LogP contribution in [0.4, 0.5) is 0 Å². The molecule has 1 fully saturated rings. The van der Waals surface area contributed by atoms with E-state index in [1.54, 1.807) is 37.4 Å². The summed E-state index contributed by atoms with van der Waals surface area (Å²) in [4.78, 5) is 27.2. The zero-order valence-corrected chi connectivity index (χ0v) is 17.0. The fraction of sp³-hybridized carbons (Fsp3) is 0.304. The second kappa shape index (κ2) is 8.69. The number of methoxy groups -OCH3 is 1. The van der Waals surface area contributed by atoms with Crippen molar-refractivity contribution in [2.75, 3.05) is 33.5 Å². The zero-order valence-electron chi connectivity index (χ0n) is 17.0. The van der Waals surface area contributed by atoms with Crippen LogP contribution in [0.15, 0.2) is 48.0 Å². The molecule has 1 amide bonds. The number of ketones is 1. The van der Waals surface area contributed by atoms with Crippen molar-refractivity contribution in [3.05, 3.63) is 59.2 Å². The number of hydrogen-bond donors (Lipinski definition) is 2. The zero-order chi connectivity index (χ0) is 22.0. The number of likely N-dealkylation sites (tertiary alicyclic amines) is 1. The number of ether oxygens (including phenoxy) is 3. The highest BCUT2D eigenvalue weighted by atomic mass is 16.6. The standard InChI is InChI=1S/C23H23NO7/c1-29-9-3-8-24-20(14-4-2-5-16(25)12-14)19(22(27)23(24)28)21(26)15-6-7-17-18(13-15)31-11-10-30-17/h2,4-7,12-13,20,25-26H,3,8-11H2,1H3/b21-19+. The van der Waals surface area contributed by atoms with E-state index in [0.717, 1.165) is 0 Å². The van der Waals surface area contributed by atoms with Crippen LogP contribution in [-0.4, -0.2) is 60.3 Å². The third-order valence-corrected chi connectivity index (χ3v) is 5.29. The van der Waals surface area contributed by atoms with Crippen LogP contribution in [0.25, 0.3) is 5.76 Å². The van der Waals surface area contributed by atoms with Gasteiger partial charge in [0.25, 0.3) is 11.7 Å². The molecule has 2 aromatic carbocycles. The number of fused-ring (bicyclic) bond motifs is 1. The van der Waals surface area contributed by atoms with Crippen molar-refractivity contribution in [3.8, 4) is 17.2 Å². The molecule has 0 aliphatic carbocycles. The van der Waals surface area contributed by atoms with Crippen LogP contribution in [0.1, 0.15) is 23.6 Å². The highest BCUT2D eigenvalue weighted by Gasteiger charge is 2.46. The average molecular weight is 425 g/mol. The molecule has 0 radical (unpaired) electrons. The van der Waals surface area contributed by atoms with E-state index in [4.69, 9.17) is 14.2 Å². The topological polar surface area (TPSA) is 106 Å². The molecule has 4 rings (SSSR count). The van der Waals surface area contributed by atoms with E-state index in [1.165, 1.54) is 17.0 Å². The normalized spacial score (nSPS) is 19.6. The first-order valence-corrected chi connectivity index (χ1v) is 9.97. The van der Waals surface area contributed by atoms with Crippen LogP contribution in [-0.2, 0) is 14.3 Å². The summed E-state index contributed by atoms with van der Waals surface area (Å²) in [6.45, 7) is 1.49. The molecule has 0 saturated carbocycles. The molecule has 0 bridgehead atoms. The maximum Gasteiger partial charge on any atom is 0.295 e. The molecule has 2 aliphatic heterocycles. The molecule has 0 spiro atoms. The van der Waals surface area contributed by atoms with Gasteiger partial charge >= 0.3 is 0 Å². The molecule has 8 nitrogen and oxygen atoms in total. The Labute approximate surface area is 179 Å². The van der Waals surface area contributed by atoms with E-state index in [0.29, 0.717) is 48.9 Å². The molecule has 1 atom stereocenters. The van der Waals surface area contributed by atoms with E-state index in [2.05, 4.69) is 0 Å². The van der Waals surface area contributed by atoms with Gasteiger partial charge in [-0.05, 0) is 42.3 Å².